The van der Waals surface area contributed by atoms with E-state index in [1.54, 1.807) is 0 Å². The van der Waals surface area contributed by atoms with Crippen molar-refractivity contribution >= 4 is 11.6 Å². The summed E-state index contributed by atoms with van der Waals surface area (Å²) in [6.07, 6.45) is 0.857. The number of carbonyl (C=O) groups is 1. The minimum absolute atomic E-state index is 0.0637. The highest BCUT2D eigenvalue weighted by molar-refractivity contribution is 5.91. The second-order valence-electron chi connectivity index (χ2n) is 5.59. The molecule has 3 rings (SSSR count). The van der Waals surface area contributed by atoms with Gasteiger partial charge in [-0.1, -0.05) is 55.0 Å². The van der Waals surface area contributed by atoms with Crippen molar-refractivity contribution in [2.45, 2.75) is 26.8 Å². The molecule has 2 aromatic carbocycles. The highest BCUT2D eigenvalue weighted by Crippen LogP contribution is 2.18. The van der Waals surface area contributed by atoms with Crippen molar-refractivity contribution < 1.29 is 4.79 Å². The third kappa shape index (κ3) is 3.48. The van der Waals surface area contributed by atoms with Crippen LogP contribution in [0.2, 0.25) is 0 Å². The van der Waals surface area contributed by atoms with Gasteiger partial charge in [-0.15, -0.1) is 5.10 Å². The lowest BCUT2D eigenvalue weighted by Crippen LogP contribution is -2.21. The van der Waals surface area contributed by atoms with E-state index in [9.17, 15) is 4.79 Å². The number of carbonyl (C=O) groups excluding carboxylic acids is 1. The third-order valence-electron chi connectivity index (χ3n) is 3.81. The highest BCUT2D eigenvalue weighted by atomic mass is 16.2. The maximum absolute atomic E-state index is 12.4. The van der Waals surface area contributed by atoms with Crippen LogP contribution < -0.4 is 5.32 Å². The largest absolute Gasteiger partial charge is 0.324 e. The molecule has 1 amide bonds. The van der Waals surface area contributed by atoms with Crippen LogP contribution in [0.4, 0.5) is 5.69 Å². The van der Waals surface area contributed by atoms with Gasteiger partial charge >= 0.3 is 0 Å². The van der Waals surface area contributed by atoms with Crippen molar-refractivity contribution in [1.82, 2.24) is 20.2 Å². The molecule has 0 saturated carbocycles. The fourth-order valence-electron chi connectivity index (χ4n) is 2.50. The van der Waals surface area contributed by atoms with E-state index in [1.807, 2.05) is 55.5 Å². The number of aromatic nitrogens is 4. The van der Waals surface area contributed by atoms with Crippen LogP contribution in [-0.4, -0.2) is 26.1 Å². The first-order valence-corrected chi connectivity index (χ1v) is 7.88. The summed E-state index contributed by atoms with van der Waals surface area (Å²) in [6, 6.07) is 15.7. The molecule has 1 N–H and O–H groups in total. The lowest BCUT2D eigenvalue weighted by atomic mass is 10.1. The molecule has 122 valence electrons. The first-order valence-electron chi connectivity index (χ1n) is 7.88. The molecular formula is C18H19N5O. The zero-order valence-electron chi connectivity index (χ0n) is 13.7. The van der Waals surface area contributed by atoms with E-state index in [1.165, 1.54) is 4.68 Å². The molecule has 0 unspecified atom stereocenters. The predicted molar refractivity (Wildman–Crippen MR) is 92.4 cm³/mol. The molecule has 0 radical (unpaired) electrons. The van der Waals surface area contributed by atoms with Crippen molar-refractivity contribution in [3.8, 4) is 11.4 Å². The number of hydrogen-bond donors (Lipinski definition) is 1. The first kappa shape index (κ1) is 15.9. The highest BCUT2D eigenvalue weighted by Gasteiger charge is 2.13. The summed E-state index contributed by atoms with van der Waals surface area (Å²) in [7, 11) is 0. The van der Waals surface area contributed by atoms with Crippen LogP contribution in [0.3, 0.4) is 0 Å². The number of amides is 1. The second-order valence-corrected chi connectivity index (χ2v) is 5.59. The van der Waals surface area contributed by atoms with Gasteiger partial charge in [0, 0.05) is 11.3 Å². The standard InChI is InChI=1S/C18H19N5O/c1-3-14-6-4-5-7-16(14)19-17(24)12-23-18(20-21-22-23)15-10-8-13(2)9-11-15/h4-11H,3,12H2,1-2H3,(H,19,24). The van der Waals surface area contributed by atoms with E-state index in [2.05, 4.69) is 27.8 Å². The average molecular weight is 321 g/mol. The molecule has 3 aromatic rings. The van der Waals surface area contributed by atoms with Crippen LogP contribution >= 0.6 is 0 Å². The van der Waals surface area contributed by atoms with Gasteiger partial charge in [0.1, 0.15) is 6.54 Å². The minimum atomic E-state index is -0.156. The van der Waals surface area contributed by atoms with Crippen LogP contribution in [0.5, 0.6) is 0 Å². The van der Waals surface area contributed by atoms with Gasteiger partial charge in [0.05, 0.1) is 0 Å². The SMILES string of the molecule is CCc1ccccc1NC(=O)Cn1nnnc1-c1ccc(C)cc1. The van der Waals surface area contributed by atoms with Gasteiger partial charge in [-0.05, 0) is 35.4 Å². The van der Waals surface area contributed by atoms with Crippen molar-refractivity contribution in [2.24, 2.45) is 0 Å². The molecule has 0 saturated heterocycles. The molecule has 0 aliphatic heterocycles. The Labute approximate surface area is 140 Å². The Balaban J connectivity index is 1.76. The molecule has 0 bridgehead atoms. The maximum Gasteiger partial charge on any atom is 0.246 e. The van der Waals surface area contributed by atoms with Crippen molar-refractivity contribution in [3.05, 3.63) is 59.7 Å². The summed E-state index contributed by atoms with van der Waals surface area (Å²) >= 11 is 0. The van der Waals surface area contributed by atoms with Crippen LogP contribution in [-0.2, 0) is 17.8 Å². The smallest absolute Gasteiger partial charge is 0.246 e. The Hall–Kier alpha value is -3.02. The van der Waals surface area contributed by atoms with Gasteiger partial charge in [0.2, 0.25) is 5.91 Å². The maximum atomic E-state index is 12.4. The molecule has 24 heavy (non-hydrogen) atoms. The van der Waals surface area contributed by atoms with Gasteiger partial charge < -0.3 is 5.32 Å². The van der Waals surface area contributed by atoms with Crippen LogP contribution in [0, 0.1) is 6.92 Å². The topological polar surface area (TPSA) is 72.7 Å². The third-order valence-corrected chi connectivity index (χ3v) is 3.81. The lowest BCUT2D eigenvalue weighted by molar-refractivity contribution is -0.116. The quantitative estimate of drug-likeness (QED) is 0.784. The molecular weight excluding hydrogens is 302 g/mol. The number of anilines is 1. The molecule has 6 nitrogen and oxygen atoms in total. The summed E-state index contributed by atoms with van der Waals surface area (Å²) in [5.41, 5.74) is 3.97. The van der Waals surface area contributed by atoms with E-state index in [4.69, 9.17) is 0 Å². The van der Waals surface area contributed by atoms with E-state index in [-0.39, 0.29) is 12.5 Å². The van der Waals surface area contributed by atoms with Crippen LogP contribution in [0.15, 0.2) is 48.5 Å². The van der Waals surface area contributed by atoms with Gasteiger partial charge in [-0.25, -0.2) is 4.68 Å². The molecule has 6 heteroatoms. The Morgan fingerprint density at radius 3 is 2.62 bits per heavy atom. The van der Waals surface area contributed by atoms with Crippen LogP contribution in [0.1, 0.15) is 18.1 Å². The van der Waals surface area contributed by atoms with E-state index in [0.29, 0.717) is 5.82 Å². The molecule has 0 atom stereocenters. The zero-order valence-corrected chi connectivity index (χ0v) is 13.7. The predicted octanol–water partition coefficient (Wildman–Crippen LogP) is 2.85. The fraction of sp³-hybridized carbons (Fsp3) is 0.222. The molecule has 0 spiro atoms. The number of nitrogens with one attached hydrogen (secondary N) is 1. The second kappa shape index (κ2) is 7.04. The molecule has 1 heterocycles. The summed E-state index contributed by atoms with van der Waals surface area (Å²) in [5, 5.41) is 14.6. The van der Waals surface area contributed by atoms with Gasteiger partial charge in [-0.2, -0.15) is 0 Å². The number of benzene rings is 2. The van der Waals surface area contributed by atoms with E-state index < -0.39 is 0 Å². The van der Waals surface area contributed by atoms with Gasteiger partial charge in [0.25, 0.3) is 0 Å². The molecule has 0 aliphatic carbocycles. The Morgan fingerprint density at radius 1 is 1.12 bits per heavy atom. The summed E-state index contributed by atoms with van der Waals surface area (Å²) < 4.78 is 1.51. The van der Waals surface area contributed by atoms with Gasteiger partial charge in [0.15, 0.2) is 5.82 Å². The monoisotopic (exact) mass is 321 g/mol. The van der Waals surface area contributed by atoms with Crippen molar-refractivity contribution in [1.29, 1.82) is 0 Å². The minimum Gasteiger partial charge on any atom is -0.324 e. The number of tetrazole rings is 1. The molecule has 1 aromatic heterocycles. The summed E-state index contributed by atoms with van der Waals surface area (Å²) in [5.74, 6) is 0.422. The summed E-state index contributed by atoms with van der Waals surface area (Å²) in [4.78, 5) is 12.4. The Morgan fingerprint density at radius 2 is 1.88 bits per heavy atom. The number of nitrogens with zero attached hydrogens (tertiary/aromatic N) is 4. The van der Waals surface area contributed by atoms with E-state index >= 15 is 0 Å². The average Bonchev–Trinajstić information content (AvgIpc) is 3.04. The Kier molecular flexibility index (Phi) is 4.65. The summed E-state index contributed by atoms with van der Waals surface area (Å²) in [6.45, 7) is 4.14. The van der Waals surface area contributed by atoms with Crippen LogP contribution in [0.25, 0.3) is 11.4 Å². The fourth-order valence-corrected chi connectivity index (χ4v) is 2.50. The number of para-hydroxylation sites is 1. The zero-order chi connectivity index (χ0) is 16.9. The Bertz CT molecular complexity index is 839. The first-order chi connectivity index (χ1) is 11.7. The molecule has 0 aliphatic rings. The van der Waals surface area contributed by atoms with E-state index in [0.717, 1.165) is 28.8 Å². The number of hydrogen-bond acceptors (Lipinski definition) is 4. The lowest BCUT2D eigenvalue weighted by Gasteiger charge is -2.10. The normalized spacial score (nSPS) is 10.6. The van der Waals surface area contributed by atoms with Gasteiger partial charge in [-0.3, -0.25) is 4.79 Å². The number of aryl methyl sites for hydroxylation is 2. The van der Waals surface area contributed by atoms with Crippen molar-refractivity contribution in [3.63, 3.8) is 0 Å². The number of rotatable bonds is 5. The van der Waals surface area contributed by atoms with Crippen molar-refractivity contribution in [2.75, 3.05) is 5.32 Å². The molecule has 0 fully saturated rings.